The van der Waals surface area contributed by atoms with Crippen LogP contribution in [0.4, 0.5) is 11.4 Å². The van der Waals surface area contributed by atoms with Gasteiger partial charge in [0.1, 0.15) is 5.71 Å². The van der Waals surface area contributed by atoms with Crippen LogP contribution in [0.2, 0.25) is 5.02 Å². The molecule has 2 N–H and O–H groups in total. The lowest BCUT2D eigenvalue weighted by molar-refractivity contribution is -0.116. The predicted octanol–water partition coefficient (Wildman–Crippen LogP) is 4.76. The molecule has 0 saturated heterocycles. The topological polar surface area (TPSA) is 70.6 Å². The minimum absolute atomic E-state index is 0.0206. The molecule has 5 nitrogen and oxygen atoms in total. The number of para-hydroxylation sites is 2. The Kier molecular flexibility index (Phi) is 5.22. The number of carbonyl (C=O) groups is 2. The summed E-state index contributed by atoms with van der Waals surface area (Å²) < 4.78 is 0. The minimum atomic E-state index is -0.485. The molecule has 1 aliphatic rings. The van der Waals surface area contributed by atoms with Crippen LogP contribution in [-0.4, -0.2) is 17.4 Å². The molecule has 0 heterocycles. The van der Waals surface area contributed by atoms with E-state index in [1.54, 1.807) is 42.5 Å². The van der Waals surface area contributed by atoms with Crippen molar-refractivity contribution in [2.75, 3.05) is 10.7 Å². The molecule has 0 saturated carbocycles. The number of ketones is 1. The number of carbonyl (C=O) groups excluding carboxylic acids is 2. The maximum Gasteiger partial charge on any atom is 0.259 e. The van der Waals surface area contributed by atoms with Gasteiger partial charge >= 0.3 is 0 Å². The second-order valence-corrected chi connectivity index (χ2v) is 6.75. The van der Waals surface area contributed by atoms with Crippen LogP contribution in [0.15, 0.2) is 89.5 Å². The molecule has 3 aromatic carbocycles. The molecule has 0 atom stereocenters. The molecule has 0 spiro atoms. The first-order valence-corrected chi connectivity index (χ1v) is 9.32. The quantitative estimate of drug-likeness (QED) is 0.489. The molecule has 142 valence electrons. The highest BCUT2D eigenvalue weighted by Gasteiger charge is 2.30. The predicted molar refractivity (Wildman–Crippen MR) is 116 cm³/mol. The number of anilines is 2. The fourth-order valence-electron chi connectivity index (χ4n) is 2.98. The fourth-order valence-corrected chi connectivity index (χ4v) is 3.16. The van der Waals surface area contributed by atoms with Crippen molar-refractivity contribution >= 4 is 46.5 Å². The number of amides is 1. The van der Waals surface area contributed by atoms with Crippen molar-refractivity contribution in [1.82, 2.24) is 0 Å². The van der Waals surface area contributed by atoms with Gasteiger partial charge in [-0.05, 0) is 35.9 Å². The van der Waals surface area contributed by atoms with Crippen molar-refractivity contribution in [3.8, 4) is 0 Å². The largest absolute Gasteiger partial charge is 0.322 e. The van der Waals surface area contributed by atoms with E-state index in [1.807, 2.05) is 42.5 Å². The van der Waals surface area contributed by atoms with Gasteiger partial charge in [0.25, 0.3) is 5.91 Å². The Morgan fingerprint density at radius 2 is 1.55 bits per heavy atom. The maximum absolute atomic E-state index is 13.1. The summed E-state index contributed by atoms with van der Waals surface area (Å²) >= 11 is 6.16. The van der Waals surface area contributed by atoms with Crippen LogP contribution in [0, 0.1) is 0 Å². The van der Waals surface area contributed by atoms with Gasteiger partial charge in [0, 0.05) is 11.3 Å². The summed E-state index contributed by atoms with van der Waals surface area (Å²) in [7, 11) is 0. The van der Waals surface area contributed by atoms with Crippen LogP contribution in [0.5, 0.6) is 0 Å². The molecule has 1 aliphatic carbocycles. The Hall–Kier alpha value is -3.70. The zero-order chi connectivity index (χ0) is 20.2. The second kappa shape index (κ2) is 8.12. The third-order valence-electron chi connectivity index (χ3n) is 4.41. The molecule has 0 fully saturated rings. The number of hydrogen-bond acceptors (Lipinski definition) is 4. The summed E-state index contributed by atoms with van der Waals surface area (Å²) in [4.78, 5) is 25.9. The zero-order valence-electron chi connectivity index (χ0n) is 15.2. The summed E-state index contributed by atoms with van der Waals surface area (Å²) in [6, 6.07) is 23.4. The zero-order valence-corrected chi connectivity index (χ0v) is 16.0. The number of Topliss-reactive ketones (excluding diaryl/α,β-unsaturated/α-hetero) is 1. The summed E-state index contributed by atoms with van der Waals surface area (Å²) in [6.07, 6.45) is 1.59. The molecule has 0 radical (unpaired) electrons. The van der Waals surface area contributed by atoms with E-state index in [9.17, 15) is 9.59 Å². The van der Waals surface area contributed by atoms with E-state index in [0.29, 0.717) is 22.0 Å². The first kappa shape index (κ1) is 18.7. The normalized spacial score (nSPS) is 14.2. The molecule has 3 aromatic rings. The number of fused-ring (bicyclic) bond motifs is 1. The number of nitrogens with zero attached hydrogens (tertiary/aromatic N) is 1. The van der Waals surface area contributed by atoms with Crippen LogP contribution in [0.25, 0.3) is 6.08 Å². The smallest absolute Gasteiger partial charge is 0.259 e. The summed E-state index contributed by atoms with van der Waals surface area (Å²) in [6.45, 7) is 0. The lowest BCUT2D eigenvalue weighted by Crippen LogP contribution is -2.30. The number of nitrogens with one attached hydrogen (secondary N) is 2. The van der Waals surface area contributed by atoms with Crippen molar-refractivity contribution in [2.45, 2.75) is 0 Å². The minimum Gasteiger partial charge on any atom is -0.322 e. The fraction of sp³-hybridized carbons (Fsp3) is 0. The average Bonchev–Trinajstić information content (AvgIpc) is 2.74. The number of rotatable bonds is 4. The van der Waals surface area contributed by atoms with Gasteiger partial charge in [-0.3, -0.25) is 15.0 Å². The first-order valence-electron chi connectivity index (χ1n) is 8.94. The third kappa shape index (κ3) is 3.95. The van der Waals surface area contributed by atoms with Crippen molar-refractivity contribution in [1.29, 1.82) is 0 Å². The van der Waals surface area contributed by atoms with Crippen molar-refractivity contribution in [3.63, 3.8) is 0 Å². The van der Waals surface area contributed by atoms with Gasteiger partial charge < -0.3 is 5.32 Å². The van der Waals surface area contributed by atoms with E-state index in [1.165, 1.54) is 0 Å². The lowest BCUT2D eigenvalue weighted by Gasteiger charge is -2.17. The Labute approximate surface area is 172 Å². The van der Waals surface area contributed by atoms with E-state index < -0.39 is 11.7 Å². The molecule has 0 aliphatic heterocycles. The van der Waals surface area contributed by atoms with E-state index in [-0.39, 0.29) is 11.3 Å². The van der Waals surface area contributed by atoms with Crippen LogP contribution >= 0.6 is 11.6 Å². The molecular formula is C23H16ClN3O2. The van der Waals surface area contributed by atoms with Gasteiger partial charge in [-0.15, -0.1) is 0 Å². The van der Waals surface area contributed by atoms with Gasteiger partial charge in [0.05, 0.1) is 16.3 Å². The SMILES string of the molecule is O=C(Nc1ccccc1)C1=Cc2ccccc2/C(=N/Nc2ccccc2Cl)C1=O. The standard InChI is InChI=1S/C23H16ClN3O2/c24-19-12-6-7-13-20(19)26-27-21-17-11-5-4-8-15(17)14-18(22(21)28)23(29)25-16-9-2-1-3-10-16/h1-14,26H,(H,25,29)/b27-21-. The number of benzene rings is 3. The van der Waals surface area contributed by atoms with Gasteiger partial charge in [-0.25, -0.2) is 0 Å². The second-order valence-electron chi connectivity index (χ2n) is 6.35. The highest BCUT2D eigenvalue weighted by Crippen LogP contribution is 2.25. The molecule has 29 heavy (non-hydrogen) atoms. The molecule has 1 amide bonds. The Bertz CT molecular complexity index is 1150. The van der Waals surface area contributed by atoms with E-state index >= 15 is 0 Å². The summed E-state index contributed by atoms with van der Waals surface area (Å²) in [5, 5.41) is 7.52. The van der Waals surface area contributed by atoms with Crippen molar-refractivity contribution in [2.24, 2.45) is 5.10 Å². The Morgan fingerprint density at radius 1 is 0.862 bits per heavy atom. The van der Waals surface area contributed by atoms with Gasteiger partial charge in [0.15, 0.2) is 0 Å². The van der Waals surface area contributed by atoms with Crippen molar-refractivity contribution in [3.05, 3.63) is 101 Å². The van der Waals surface area contributed by atoms with Crippen LogP contribution in [0.3, 0.4) is 0 Å². The summed E-state index contributed by atoms with van der Waals surface area (Å²) in [5.74, 6) is -0.946. The first-order chi connectivity index (χ1) is 14.1. The molecule has 0 aromatic heterocycles. The number of hydrogen-bond donors (Lipinski definition) is 2. The average molecular weight is 402 g/mol. The van der Waals surface area contributed by atoms with Crippen LogP contribution < -0.4 is 10.7 Å². The van der Waals surface area contributed by atoms with E-state index in [4.69, 9.17) is 11.6 Å². The Morgan fingerprint density at radius 3 is 2.34 bits per heavy atom. The molecular weight excluding hydrogens is 386 g/mol. The highest BCUT2D eigenvalue weighted by atomic mass is 35.5. The number of hydrazone groups is 1. The van der Waals surface area contributed by atoms with Crippen molar-refractivity contribution < 1.29 is 9.59 Å². The summed E-state index contributed by atoms with van der Waals surface area (Å²) in [5.41, 5.74) is 5.58. The van der Waals surface area contributed by atoms with Gasteiger partial charge in [-0.1, -0.05) is 66.2 Å². The Balaban J connectivity index is 1.69. The van der Waals surface area contributed by atoms with Gasteiger partial charge in [-0.2, -0.15) is 5.10 Å². The van der Waals surface area contributed by atoms with Crippen LogP contribution in [-0.2, 0) is 9.59 Å². The molecule has 0 bridgehead atoms. The van der Waals surface area contributed by atoms with E-state index in [0.717, 1.165) is 5.56 Å². The molecule has 0 unspecified atom stereocenters. The monoisotopic (exact) mass is 401 g/mol. The van der Waals surface area contributed by atoms with Gasteiger partial charge in [0.2, 0.25) is 5.78 Å². The van der Waals surface area contributed by atoms with Crippen LogP contribution in [0.1, 0.15) is 11.1 Å². The number of halogens is 1. The molecule has 6 heteroatoms. The lowest BCUT2D eigenvalue weighted by atomic mass is 9.89. The maximum atomic E-state index is 13.1. The molecule has 4 rings (SSSR count). The third-order valence-corrected chi connectivity index (χ3v) is 4.74. The highest BCUT2D eigenvalue weighted by molar-refractivity contribution is 6.59. The van der Waals surface area contributed by atoms with E-state index in [2.05, 4.69) is 15.8 Å².